The molecule has 8 heteroatoms. The van der Waals surface area contributed by atoms with Crippen LogP contribution in [0.4, 0.5) is 0 Å². The molecule has 2 heterocycles. The number of aryl methyl sites for hydroxylation is 1. The van der Waals surface area contributed by atoms with Gasteiger partial charge in [0.2, 0.25) is 0 Å². The Labute approximate surface area is 222 Å². The van der Waals surface area contributed by atoms with E-state index < -0.39 is 5.91 Å². The molecular weight excluding hydrogens is 476 g/mol. The van der Waals surface area contributed by atoms with Crippen molar-refractivity contribution in [2.45, 2.75) is 32.7 Å². The second-order valence-electron chi connectivity index (χ2n) is 9.69. The number of aliphatic hydroxyl groups is 1. The van der Waals surface area contributed by atoms with E-state index in [1.807, 2.05) is 49.1 Å². The lowest BCUT2D eigenvalue weighted by Crippen LogP contribution is -2.30. The Morgan fingerprint density at radius 1 is 1.32 bits per heavy atom. The molecule has 38 heavy (non-hydrogen) atoms. The molecule has 2 aliphatic rings. The number of H-pyrrole nitrogens is 1. The van der Waals surface area contributed by atoms with Gasteiger partial charge in [0.1, 0.15) is 5.82 Å². The Hall–Kier alpha value is -4.43. The molecule has 1 aromatic carbocycles. The van der Waals surface area contributed by atoms with Gasteiger partial charge in [-0.2, -0.15) is 5.10 Å². The highest BCUT2D eigenvalue weighted by Gasteiger charge is 2.27. The Morgan fingerprint density at radius 3 is 2.76 bits per heavy atom. The fourth-order valence-corrected chi connectivity index (χ4v) is 4.96. The van der Waals surface area contributed by atoms with Crippen molar-refractivity contribution in [3.05, 3.63) is 107 Å². The zero-order valence-corrected chi connectivity index (χ0v) is 21.9. The number of primary amides is 1. The highest BCUT2D eigenvalue weighted by atomic mass is 16.3. The molecule has 1 saturated heterocycles. The number of aliphatic imine (C=N–C) groups is 1. The van der Waals surface area contributed by atoms with Gasteiger partial charge in [0, 0.05) is 23.1 Å². The maximum Gasteiger partial charge on any atom is 0.251 e. The molecule has 8 nitrogen and oxygen atoms in total. The number of hydrogen-bond acceptors (Lipinski definition) is 6. The second kappa shape index (κ2) is 10.9. The minimum Gasteiger partial charge on any atom is -0.398 e. The summed E-state index contributed by atoms with van der Waals surface area (Å²) in [5.74, 6) is -0.131. The number of aliphatic hydroxyl groups excluding tert-OH is 1. The first-order valence-corrected chi connectivity index (χ1v) is 12.5. The molecule has 0 bridgehead atoms. The van der Waals surface area contributed by atoms with Crippen LogP contribution in [-0.4, -0.2) is 51.0 Å². The molecule has 1 aromatic heterocycles. The molecule has 1 unspecified atom stereocenters. The van der Waals surface area contributed by atoms with E-state index in [4.69, 9.17) is 16.5 Å². The molecule has 1 amide bonds. The molecule has 2 aromatic rings. The normalized spacial score (nSPS) is 18.7. The van der Waals surface area contributed by atoms with E-state index in [0.717, 1.165) is 47.0 Å². The zero-order valence-electron chi connectivity index (χ0n) is 21.9. The number of carbonyl (C=O) groups excluding carboxylic acids is 1. The summed E-state index contributed by atoms with van der Waals surface area (Å²) in [6.07, 6.45) is 10.9. The fourth-order valence-electron chi connectivity index (χ4n) is 4.96. The van der Waals surface area contributed by atoms with Crippen LogP contribution >= 0.6 is 0 Å². The minimum absolute atomic E-state index is 0.0260. The van der Waals surface area contributed by atoms with E-state index in [1.54, 1.807) is 12.3 Å². The van der Waals surface area contributed by atoms with Crippen molar-refractivity contribution in [3.8, 4) is 0 Å². The summed E-state index contributed by atoms with van der Waals surface area (Å²) in [5.41, 5.74) is 18.5. The number of hydrogen-bond donors (Lipinski definition) is 4. The third kappa shape index (κ3) is 5.17. The van der Waals surface area contributed by atoms with Gasteiger partial charge in [0.25, 0.3) is 5.91 Å². The number of fused-ring (bicyclic) bond motifs is 1. The first kappa shape index (κ1) is 26.6. The predicted molar refractivity (Wildman–Crippen MR) is 154 cm³/mol. The van der Waals surface area contributed by atoms with Crippen LogP contribution in [0.5, 0.6) is 0 Å². The molecule has 4 rings (SSSR count). The van der Waals surface area contributed by atoms with Crippen molar-refractivity contribution in [2.75, 3.05) is 13.2 Å². The Balaban J connectivity index is 1.95. The summed E-state index contributed by atoms with van der Waals surface area (Å²) in [5, 5.41) is 17.9. The standard InChI is InChI=1S/C30H34N6O2/c1-17(2)8-10-25(34-20(5)36-12-6-7-22(36)16-37)21-13-19(4)28(30(32)38)29(31)23(14-21)27-18(3)9-11-26-24(27)15-33-35-26/h8-11,13-15,22,37H,1,4-7,12,16,31H2,2-3H3,(H2,32,38)(H,33,35)/b10-8-,34-25+. The van der Waals surface area contributed by atoms with Crippen LogP contribution in [-0.2, 0) is 4.79 Å². The van der Waals surface area contributed by atoms with Gasteiger partial charge in [-0.05, 0) is 67.7 Å². The number of carbonyl (C=O) groups is 1. The lowest BCUT2D eigenvalue weighted by atomic mass is 9.91. The predicted octanol–water partition coefficient (Wildman–Crippen LogP) is 3.95. The third-order valence-electron chi connectivity index (χ3n) is 6.85. The lowest BCUT2D eigenvalue weighted by Gasteiger charge is -2.25. The van der Waals surface area contributed by atoms with E-state index in [0.29, 0.717) is 28.3 Å². The summed E-state index contributed by atoms with van der Waals surface area (Å²) >= 11 is 0. The van der Waals surface area contributed by atoms with Crippen molar-refractivity contribution < 1.29 is 9.90 Å². The molecule has 0 radical (unpaired) electrons. The molecule has 0 spiro atoms. The van der Waals surface area contributed by atoms with Crippen molar-refractivity contribution in [2.24, 2.45) is 16.5 Å². The summed E-state index contributed by atoms with van der Waals surface area (Å²) in [6.45, 7) is 17.0. The monoisotopic (exact) mass is 510 g/mol. The van der Waals surface area contributed by atoms with E-state index in [1.165, 1.54) is 0 Å². The van der Waals surface area contributed by atoms with Gasteiger partial charge in [-0.1, -0.05) is 37.5 Å². The van der Waals surface area contributed by atoms with Crippen LogP contribution in [0, 0.1) is 6.92 Å². The first-order chi connectivity index (χ1) is 18.1. The molecule has 196 valence electrons. The van der Waals surface area contributed by atoms with Gasteiger partial charge in [-0.3, -0.25) is 9.89 Å². The van der Waals surface area contributed by atoms with Gasteiger partial charge in [0.15, 0.2) is 0 Å². The van der Waals surface area contributed by atoms with Gasteiger partial charge in [0.05, 0.1) is 41.3 Å². The SMILES string of the molecule is C=C(C)/C=C\C(=N/C(=C)N1CCCC1CO)C1=CC(=C)C(C(N)=O)=C(N)C(c2c(C)ccc3[nH]ncc23)=C1. The minimum atomic E-state index is -0.670. The number of likely N-dealkylation sites (tertiary alicyclic amines) is 1. The second-order valence-corrected chi connectivity index (χ2v) is 9.69. The summed E-state index contributed by atoms with van der Waals surface area (Å²) in [4.78, 5) is 19.5. The number of allylic oxidation sites excluding steroid dienone is 7. The molecule has 1 atom stereocenters. The van der Waals surface area contributed by atoms with Crippen LogP contribution in [0.1, 0.15) is 30.9 Å². The van der Waals surface area contributed by atoms with Gasteiger partial charge in [-0.15, -0.1) is 0 Å². The van der Waals surface area contributed by atoms with E-state index >= 15 is 0 Å². The highest BCUT2D eigenvalue weighted by molar-refractivity contribution is 6.15. The number of aromatic nitrogens is 2. The number of amides is 1. The lowest BCUT2D eigenvalue weighted by molar-refractivity contribution is -0.114. The number of nitrogens with zero attached hydrogens (tertiary/aromatic N) is 3. The average Bonchev–Trinajstić information content (AvgIpc) is 3.51. The molecule has 1 aliphatic carbocycles. The van der Waals surface area contributed by atoms with E-state index in [2.05, 4.69) is 29.9 Å². The Bertz CT molecular complexity index is 1500. The summed E-state index contributed by atoms with van der Waals surface area (Å²) in [6, 6.07) is 3.89. The Morgan fingerprint density at radius 2 is 2.08 bits per heavy atom. The van der Waals surface area contributed by atoms with E-state index in [9.17, 15) is 9.90 Å². The van der Waals surface area contributed by atoms with Gasteiger partial charge in [-0.25, -0.2) is 4.99 Å². The van der Waals surface area contributed by atoms with Crippen LogP contribution in [0.15, 0.2) is 101 Å². The van der Waals surface area contributed by atoms with Crippen molar-refractivity contribution in [3.63, 3.8) is 0 Å². The number of aromatic amines is 1. The molecule has 0 saturated carbocycles. The maximum absolute atomic E-state index is 12.6. The fraction of sp³-hybridized carbons (Fsp3) is 0.233. The first-order valence-electron chi connectivity index (χ1n) is 12.5. The van der Waals surface area contributed by atoms with Crippen molar-refractivity contribution in [1.82, 2.24) is 15.1 Å². The molecule has 1 fully saturated rings. The quantitative estimate of drug-likeness (QED) is 0.315. The average molecular weight is 511 g/mol. The number of nitrogens with two attached hydrogens (primary N) is 2. The van der Waals surface area contributed by atoms with Crippen molar-refractivity contribution in [1.29, 1.82) is 0 Å². The van der Waals surface area contributed by atoms with Crippen LogP contribution in [0.3, 0.4) is 0 Å². The molecule has 6 N–H and O–H groups in total. The van der Waals surface area contributed by atoms with Crippen molar-refractivity contribution >= 4 is 28.1 Å². The van der Waals surface area contributed by atoms with Crippen LogP contribution in [0.25, 0.3) is 16.5 Å². The Kier molecular flexibility index (Phi) is 7.64. The van der Waals surface area contributed by atoms with Crippen LogP contribution in [0.2, 0.25) is 0 Å². The number of nitrogens with one attached hydrogen (secondary N) is 1. The van der Waals surface area contributed by atoms with Gasteiger partial charge >= 0.3 is 0 Å². The topological polar surface area (TPSA) is 134 Å². The molecular formula is C30H34N6O2. The summed E-state index contributed by atoms with van der Waals surface area (Å²) in [7, 11) is 0. The maximum atomic E-state index is 12.6. The smallest absolute Gasteiger partial charge is 0.251 e. The summed E-state index contributed by atoms with van der Waals surface area (Å²) < 4.78 is 0. The number of rotatable bonds is 8. The zero-order chi connectivity index (χ0) is 27.6. The van der Waals surface area contributed by atoms with E-state index in [-0.39, 0.29) is 23.9 Å². The molecule has 1 aliphatic heterocycles. The van der Waals surface area contributed by atoms with Crippen LogP contribution < -0.4 is 11.5 Å². The highest BCUT2D eigenvalue weighted by Crippen LogP contribution is 2.36. The number of benzene rings is 1. The third-order valence-corrected chi connectivity index (χ3v) is 6.85. The largest absolute Gasteiger partial charge is 0.398 e. The van der Waals surface area contributed by atoms with Gasteiger partial charge < -0.3 is 21.5 Å².